The zero-order chi connectivity index (χ0) is 13.8. The second-order valence-electron chi connectivity index (χ2n) is 3.85. The molecular formula is C13H11FN2O3. The van der Waals surface area contributed by atoms with Gasteiger partial charge < -0.3 is 10.5 Å². The third kappa shape index (κ3) is 2.98. The standard InChI is InChI=1S/C13H11FN2O3/c14-10-4-6-11(7-5-10)19-8-9-2-1-3-12(13(9)15)16(17)18/h1-7H,8,15H2. The summed E-state index contributed by atoms with van der Waals surface area (Å²) in [6.07, 6.45) is 0. The normalized spacial score (nSPS) is 10.2. The van der Waals surface area contributed by atoms with Gasteiger partial charge in [0.15, 0.2) is 0 Å². The molecule has 0 fully saturated rings. The average Bonchev–Trinajstić information content (AvgIpc) is 2.39. The van der Waals surface area contributed by atoms with E-state index in [0.29, 0.717) is 11.3 Å². The summed E-state index contributed by atoms with van der Waals surface area (Å²) >= 11 is 0. The van der Waals surface area contributed by atoms with Gasteiger partial charge >= 0.3 is 0 Å². The molecule has 0 unspecified atom stereocenters. The van der Waals surface area contributed by atoms with Crippen molar-refractivity contribution in [2.45, 2.75) is 6.61 Å². The Hall–Kier alpha value is -2.63. The van der Waals surface area contributed by atoms with Crippen LogP contribution in [-0.2, 0) is 6.61 Å². The van der Waals surface area contributed by atoms with Gasteiger partial charge in [0.1, 0.15) is 23.9 Å². The number of rotatable bonds is 4. The molecule has 0 spiro atoms. The summed E-state index contributed by atoms with van der Waals surface area (Å²) in [5.41, 5.74) is 6.13. The lowest BCUT2D eigenvalue weighted by molar-refractivity contribution is -0.384. The first kappa shape index (κ1) is 12.8. The Labute approximate surface area is 108 Å². The number of anilines is 1. The van der Waals surface area contributed by atoms with Crippen LogP contribution in [0.5, 0.6) is 5.75 Å². The molecular weight excluding hydrogens is 251 g/mol. The molecule has 0 aliphatic rings. The molecule has 19 heavy (non-hydrogen) atoms. The maximum absolute atomic E-state index is 12.7. The van der Waals surface area contributed by atoms with Crippen molar-refractivity contribution in [2.75, 3.05) is 5.73 Å². The molecule has 2 aromatic rings. The summed E-state index contributed by atoms with van der Waals surface area (Å²) in [5, 5.41) is 10.7. The lowest BCUT2D eigenvalue weighted by Gasteiger charge is -2.08. The largest absolute Gasteiger partial charge is 0.489 e. The maximum Gasteiger partial charge on any atom is 0.292 e. The molecule has 0 atom stereocenters. The van der Waals surface area contributed by atoms with Gasteiger partial charge in [-0.05, 0) is 24.3 Å². The fraction of sp³-hybridized carbons (Fsp3) is 0.0769. The van der Waals surface area contributed by atoms with E-state index in [1.54, 1.807) is 6.07 Å². The van der Waals surface area contributed by atoms with Crippen molar-refractivity contribution < 1.29 is 14.1 Å². The molecule has 2 rings (SSSR count). The minimum Gasteiger partial charge on any atom is -0.489 e. The number of halogens is 1. The van der Waals surface area contributed by atoms with Gasteiger partial charge in [0.05, 0.1) is 4.92 Å². The zero-order valence-electron chi connectivity index (χ0n) is 9.88. The molecule has 0 aliphatic heterocycles. The molecule has 0 aliphatic carbocycles. The van der Waals surface area contributed by atoms with Crippen molar-refractivity contribution in [1.29, 1.82) is 0 Å². The molecule has 0 saturated carbocycles. The maximum atomic E-state index is 12.7. The Morgan fingerprint density at radius 1 is 1.21 bits per heavy atom. The molecule has 0 heterocycles. The third-order valence-corrected chi connectivity index (χ3v) is 2.58. The van der Waals surface area contributed by atoms with E-state index in [-0.39, 0.29) is 23.8 Å². The average molecular weight is 262 g/mol. The van der Waals surface area contributed by atoms with E-state index in [9.17, 15) is 14.5 Å². The van der Waals surface area contributed by atoms with Crippen LogP contribution in [-0.4, -0.2) is 4.92 Å². The van der Waals surface area contributed by atoms with Gasteiger partial charge in [-0.3, -0.25) is 10.1 Å². The molecule has 0 aromatic heterocycles. The van der Waals surface area contributed by atoms with Gasteiger partial charge in [-0.25, -0.2) is 4.39 Å². The topological polar surface area (TPSA) is 78.4 Å². The Morgan fingerprint density at radius 2 is 1.89 bits per heavy atom. The summed E-state index contributed by atoms with van der Waals surface area (Å²) in [6, 6.07) is 10.0. The molecule has 6 heteroatoms. The van der Waals surface area contributed by atoms with E-state index in [2.05, 4.69) is 0 Å². The SMILES string of the molecule is Nc1c(COc2ccc(F)cc2)cccc1[N+](=O)[O-]. The summed E-state index contributed by atoms with van der Waals surface area (Å²) < 4.78 is 18.1. The first-order chi connectivity index (χ1) is 9.08. The van der Waals surface area contributed by atoms with Crippen molar-refractivity contribution >= 4 is 11.4 Å². The highest BCUT2D eigenvalue weighted by Crippen LogP contribution is 2.25. The predicted octanol–water partition coefficient (Wildman–Crippen LogP) is 2.90. The number of nitrogen functional groups attached to an aromatic ring is 1. The smallest absolute Gasteiger partial charge is 0.292 e. The van der Waals surface area contributed by atoms with Crippen LogP contribution in [0, 0.1) is 15.9 Å². The minimum atomic E-state index is -0.545. The molecule has 0 bridgehead atoms. The number of nitrogens with two attached hydrogens (primary N) is 1. The van der Waals surface area contributed by atoms with Crippen LogP contribution in [0.2, 0.25) is 0 Å². The molecule has 2 N–H and O–H groups in total. The van der Waals surface area contributed by atoms with Crippen LogP contribution in [0.1, 0.15) is 5.56 Å². The van der Waals surface area contributed by atoms with Gasteiger partial charge in [-0.2, -0.15) is 0 Å². The number of hydrogen-bond acceptors (Lipinski definition) is 4. The van der Waals surface area contributed by atoms with Crippen LogP contribution in [0.25, 0.3) is 0 Å². The molecule has 0 amide bonds. The highest BCUT2D eigenvalue weighted by Gasteiger charge is 2.14. The van der Waals surface area contributed by atoms with Gasteiger partial charge in [0, 0.05) is 11.6 Å². The van der Waals surface area contributed by atoms with Crippen LogP contribution < -0.4 is 10.5 Å². The number of benzene rings is 2. The second kappa shape index (κ2) is 5.34. The second-order valence-corrected chi connectivity index (χ2v) is 3.85. The van der Waals surface area contributed by atoms with Crippen LogP contribution in [0.3, 0.4) is 0 Å². The summed E-state index contributed by atoms with van der Waals surface area (Å²) in [6.45, 7) is 0.0825. The molecule has 0 saturated heterocycles. The molecule has 5 nitrogen and oxygen atoms in total. The van der Waals surface area contributed by atoms with Gasteiger partial charge in [0.25, 0.3) is 5.69 Å². The summed E-state index contributed by atoms with van der Waals surface area (Å²) in [4.78, 5) is 10.2. The highest BCUT2D eigenvalue weighted by atomic mass is 19.1. The Bertz CT molecular complexity index is 599. The van der Waals surface area contributed by atoms with Crippen LogP contribution in [0.4, 0.5) is 15.8 Å². The fourth-order valence-electron chi connectivity index (χ4n) is 1.58. The number of para-hydroxylation sites is 1. The Kier molecular flexibility index (Phi) is 3.61. The first-order valence-corrected chi connectivity index (χ1v) is 5.48. The number of nitrogens with zero attached hydrogens (tertiary/aromatic N) is 1. The fourth-order valence-corrected chi connectivity index (χ4v) is 1.58. The quantitative estimate of drug-likeness (QED) is 0.522. The zero-order valence-corrected chi connectivity index (χ0v) is 9.88. The van der Waals surface area contributed by atoms with E-state index in [0.717, 1.165) is 0 Å². The number of nitro benzene ring substituents is 1. The van der Waals surface area contributed by atoms with Crippen LogP contribution in [0.15, 0.2) is 42.5 Å². The lowest BCUT2D eigenvalue weighted by atomic mass is 10.1. The predicted molar refractivity (Wildman–Crippen MR) is 68.2 cm³/mol. The van der Waals surface area contributed by atoms with Gasteiger partial charge in [0.2, 0.25) is 0 Å². The number of ether oxygens (including phenoxy) is 1. The van der Waals surface area contributed by atoms with Gasteiger partial charge in [-0.15, -0.1) is 0 Å². The highest BCUT2D eigenvalue weighted by molar-refractivity contribution is 5.62. The Balaban J connectivity index is 2.13. The van der Waals surface area contributed by atoms with Gasteiger partial charge in [-0.1, -0.05) is 12.1 Å². The van der Waals surface area contributed by atoms with Crippen molar-refractivity contribution in [2.24, 2.45) is 0 Å². The van der Waals surface area contributed by atoms with E-state index in [1.165, 1.54) is 36.4 Å². The van der Waals surface area contributed by atoms with E-state index in [1.807, 2.05) is 0 Å². The van der Waals surface area contributed by atoms with Crippen molar-refractivity contribution in [3.05, 3.63) is 64.0 Å². The first-order valence-electron chi connectivity index (χ1n) is 5.48. The third-order valence-electron chi connectivity index (χ3n) is 2.58. The summed E-state index contributed by atoms with van der Waals surface area (Å²) in [5.74, 6) is 0.106. The minimum absolute atomic E-state index is 0.0783. The van der Waals surface area contributed by atoms with E-state index in [4.69, 9.17) is 10.5 Å². The molecule has 98 valence electrons. The lowest BCUT2D eigenvalue weighted by Crippen LogP contribution is -2.03. The molecule has 0 radical (unpaired) electrons. The number of nitro groups is 1. The van der Waals surface area contributed by atoms with Crippen molar-refractivity contribution in [3.8, 4) is 5.75 Å². The molecule has 2 aromatic carbocycles. The van der Waals surface area contributed by atoms with Crippen LogP contribution >= 0.6 is 0 Å². The van der Waals surface area contributed by atoms with E-state index < -0.39 is 4.92 Å². The monoisotopic (exact) mass is 262 g/mol. The van der Waals surface area contributed by atoms with E-state index >= 15 is 0 Å². The van der Waals surface area contributed by atoms with Crippen molar-refractivity contribution in [1.82, 2.24) is 0 Å². The summed E-state index contributed by atoms with van der Waals surface area (Å²) in [7, 11) is 0. The Morgan fingerprint density at radius 3 is 2.53 bits per heavy atom. The number of hydrogen-bond donors (Lipinski definition) is 1. The van der Waals surface area contributed by atoms with Crippen molar-refractivity contribution in [3.63, 3.8) is 0 Å².